The van der Waals surface area contributed by atoms with Gasteiger partial charge in [-0.2, -0.15) is 0 Å². The molecule has 0 atom stereocenters. The predicted octanol–water partition coefficient (Wildman–Crippen LogP) is 5.04. The number of aryl methyl sites for hydroxylation is 1. The Morgan fingerprint density at radius 2 is 0.688 bits per heavy atom. The predicted molar refractivity (Wildman–Crippen MR) is 140 cm³/mol. The highest BCUT2D eigenvalue weighted by Gasteiger charge is 2.41. The van der Waals surface area contributed by atoms with E-state index in [0.717, 1.165) is 0 Å². The molecule has 0 amide bonds. The quantitative estimate of drug-likeness (QED) is 0.273. The highest BCUT2D eigenvalue weighted by atomic mass is 28.3. The van der Waals surface area contributed by atoms with Crippen molar-refractivity contribution in [2.75, 3.05) is 0 Å². The van der Waals surface area contributed by atoms with E-state index in [0.29, 0.717) is 0 Å². The third-order valence-electron chi connectivity index (χ3n) is 6.32. The highest BCUT2D eigenvalue weighted by molar-refractivity contribution is 7.19. The Hall–Kier alpha value is -3.68. The van der Waals surface area contributed by atoms with Crippen LogP contribution in [0.15, 0.2) is 140 Å². The Balaban J connectivity index is 1.79. The van der Waals surface area contributed by atoms with Crippen LogP contribution in [0.1, 0.15) is 5.56 Å². The second kappa shape index (κ2) is 8.82. The minimum atomic E-state index is -2.45. The standard InChI is InChI=1S/C31H26Si/c1-25-17-21-30(22-18-25)32(28-13-7-3-8-14-28,29-15-9-4-10-16-29)31-23-19-27(20-24-31)26-11-5-2-6-12-26/h2-24H,1H3. The molecule has 0 aliphatic carbocycles. The molecule has 154 valence electrons. The van der Waals surface area contributed by atoms with Gasteiger partial charge < -0.3 is 0 Å². The average molecular weight is 427 g/mol. The smallest absolute Gasteiger partial charge is 0.0623 e. The fourth-order valence-corrected chi connectivity index (χ4v) is 9.44. The zero-order chi connectivity index (χ0) is 21.8. The van der Waals surface area contributed by atoms with Crippen molar-refractivity contribution in [3.63, 3.8) is 0 Å². The van der Waals surface area contributed by atoms with Crippen LogP contribution in [0.3, 0.4) is 0 Å². The lowest BCUT2D eigenvalue weighted by Crippen LogP contribution is -2.74. The summed E-state index contributed by atoms with van der Waals surface area (Å²) >= 11 is 0. The molecular weight excluding hydrogens is 400 g/mol. The van der Waals surface area contributed by atoms with Crippen molar-refractivity contribution in [2.24, 2.45) is 0 Å². The Labute approximate surface area is 191 Å². The van der Waals surface area contributed by atoms with Crippen LogP contribution in [0.4, 0.5) is 0 Å². The maximum absolute atomic E-state index is 2.45. The zero-order valence-electron chi connectivity index (χ0n) is 18.3. The molecule has 5 rings (SSSR count). The Kier molecular flexibility index (Phi) is 5.58. The summed E-state index contributed by atoms with van der Waals surface area (Å²) in [6.07, 6.45) is 0. The first kappa shape index (κ1) is 20.2. The lowest BCUT2D eigenvalue weighted by atomic mass is 10.1. The second-order valence-corrected chi connectivity index (χ2v) is 12.1. The van der Waals surface area contributed by atoms with Gasteiger partial charge in [-0.05, 0) is 38.8 Å². The first-order valence-corrected chi connectivity index (χ1v) is 13.1. The van der Waals surface area contributed by atoms with Crippen molar-refractivity contribution in [3.05, 3.63) is 145 Å². The van der Waals surface area contributed by atoms with E-state index in [1.165, 1.54) is 37.4 Å². The van der Waals surface area contributed by atoms with Crippen LogP contribution in [0.5, 0.6) is 0 Å². The van der Waals surface area contributed by atoms with Crippen LogP contribution < -0.4 is 20.7 Å². The summed E-state index contributed by atoms with van der Waals surface area (Å²) in [6, 6.07) is 51.2. The van der Waals surface area contributed by atoms with Crippen LogP contribution in [0.25, 0.3) is 11.1 Å². The number of benzene rings is 5. The third kappa shape index (κ3) is 3.61. The van der Waals surface area contributed by atoms with E-state index < -0.39 is 8.07 Å². The molecular formula is C31H26Si. The van der Waals surface area contributed by atoms with Crippen molar-refractivity contribution >= 4 is 28.8 Å². The van der Waals surface area contributed by atoms with Gasteiger partial charge in [-0.15, -0.1) is 0 Å². The molecule has 0 fully saturated rings. The van der Waals surface area contributed by atoms with E-state index in [9.17, 15) is 0 Å². The molecule has 0 aliphatic heterocycles. The van der Waals surface area contributed by atoms with Gasteiger partial charge in [0.05, 0.1) is 0 Å². The number of rotatable bonds is 5. The normalized spacial score (nSPS) is 11.3. The van der Waals surface area contributed by atoms with Crippen LogP contribution >= 0.6 is 0 Å². The molecule has 5 aromatic rings. The van der Waals surface area contributed by atoms with Gasteiger partial charge in [0.1, 0.15) is 0 Å². The van der Waals surface area contributed by atoms with Gasteiger partial charge in [0, 0.05) is 0 Å². The van der Waals surface area contributed by atoms with Crippen molar-refractivity contribution < 1.29 is 0 Å². The maximum atomic E-state index is 2.36. The van der Waals surface area contributed by atoms with Crippen LogP contribution in [0.2, 0.25) is 0 Å². The second-order valence-electron chi connectivity index (χ2n) is 8.29. The Morgan fingerprint density at radius 1 is 0.344 bits per heavy atom. The summed E-state index contributed by atoms with van der Waals surface area (Å²) in [5.41, 5.74) is 3.79. The Bertz CT molecular complexity index is 1230. The molecule has 0 N–H and O–H groups in total. The lowest BCUT2D eigenvalue weighted by molar-refractivity contribution is 1.48. The number of hydrogen-bond acceptors (Lipinski definition) is 0. The highest BCUT2D eigenvalue weighted by Crippen LogP contribution is 2.19. The molecule has 32 heavy (non-hydrogen) atoms. The molecule has 0 nitrogen and oxygen atoms in total. The SMILES string of the molecule is Cc1ccc([Si](c2ccccc2)(c2ccccc2)c2ccc(-c3ccccc3)cc2)cc1. The van der Waals surface area contributed by atoms with Crippen molar-refractivity contribution in [1.29, 1.82) is 0 Å². The van der Waals surface area contributed by atoms with Gasteiger partial charge in [-0.25, -0.2) is 0 Å². The first-order valence-electron chi connectivity index (χ1n) is 11.1. The molecule has 5 aromatic carbocycles. The summed E-state index contributed by atoms with van der Waals surface area (Å²) < 4.78 is 0. The molecule has 0 saturated heterocycles. The van der Waals surface area contributed by atoms with Gasteiger partial charge in [-0.1, -0.05) is 145 Å². The van der Waals surface area contributed by atoms with Crippen LogP contribution in [-0.2, 0) is 0 Å². The van der Waals surface area contributed by atoms with E-state index in [1.807, 2.05) is 0 Å². The molecule has 0 saturated carbocycles. The van der Waals surface area contributed by atoms with Gasteiger partial charge >= 0.3 is 0 Å². The summed E-state index contributed by atoms with van der Waals surface area (Å²) in [5.74, 6) is 0. The van der Waals surface area contributed by atoms with E-state index in [1.54, 1.807) is 0 Å². The Morgan fingerprint density at radius 3 is 1.16 bits per heavy atom. The lowest BCUT2D eigenvalue weighted by Gasteiger charge is -2.34. The largest absolute Gasteiger partial charge is 0.179 e. The zero-order valence-corrected chi connectivity index (χ0v) is 19.3. The summed E-state index contributed by atoms with van der Waals surface area (Å²) in [6.45, 7) is 2.16. The molecule has 0 spiro atoms. The molecule has 1 heteroatoms. The molecule has 0 radical (unpaired) electrons. The topological polar surface area (TPSA) is 0 Å². The van der Waals surface area contributed by atoms with Crippen molar-refractivity contribution in [3.8, 4) is 11.1 Å². The van der Waals surface area contributed by atoms with Gasteiger partial charge in [0.15, 0.2) is 8.07 Å². The van der Waals surface area contributed by atoms with Crippen molar-refractivity contribution in [2.45, 2.75) is 6.92 Å². The molecule has 0 unspecified atom stereocenters. The minimum Gasteiger partial charge on any atom is -0.0623 e. The van der Waals surface area contributed by atoms with E-state index in [-0.39, 0.29) is 0 Å². The minimum absolute atomic E-state index is 1.25. The molecule has 0 bridgehead atoms. The summed E-state index contributed by atoms with van der Waals surface area (Å²) in [5, 5.41) is 5.62. The summed E-state index contributed by atoms with van der Waals surface area (Å²) in [4.78, 5) is 0. The maximum Gasteiger partial charge on any atom is 0.179 e. The van der Waals surface area contributed by atoms with Gasteiger partial charge in [0.25, 0.3) is 0 Å². The van der Waals surface area contributed by atoms with Crippen LogP contribution in [-0.4, -0.2) is 8.07 Å². The summed E-state index contributed by atoms with van der Waals surface area (Å²) in [7, 11) is -2.45. The monoisotopic (exact) mass is 426 g/mol. The fraction of sp³-hybridized carbons (Fsp3) is 0.0323. The van der Waals surface area contributed by atoms with E-state index >= 15 is 0 Å². The van der Waals surface area contributed by atoms with E-state index in [2.05, 4.69) is 146 Å². The van der Waals surface area contributed by atoms with Crippen LogP contribution in [0, 0.1) is 6.92 Å². The first-order chi connectivity index (χ1) is 15.8. The fourth-order valence-electron chi connectivity index (χ4n) is 4.72. The van der Waals surface area contributed by atoms with Gasteiger partial charge in [-0.3, -0.25) is 0 Å². The third-order valence-corrected chi connectivity index (χ3v) is 11.1. The number of hydrogen-bond donors (Lipinski definition) is 0. The van der Waals surface area contributed by atoms with Gasteiger partial charge in [0.2, 0.25) is 0 Å². The van der Waals surface area contributed by atoms with Crippen molar-refractivity contribution in [1.82, 2.24) is 0 Å². The molecule has 0 aliphatic rings. The average Bonchev–Trinajstić information content (AvgIpc) is 2.88. The molecule has 0 aromatic heterocycles. The van der Waals surface area contributed by atoms with E-state index in [4.69, 9.17) is 0 Å². The molecule has 0 heterocycles.